The highest BCUT2D eigenvalue weighted by Crippen LogP contribution is 2.33. The van der Waals surface area contributed by atoms with E-state index >= 15 is 0 Å². The van der Waals surface area contributed by atoms with Crippen molar-refractivity contribution in [2.75, 3.05) is 40.0 Å². The van der Waals surface area contributed by atoms with Gasteiger partial charge >= 0.3 is 0 Å². The molecule has 2 aromatic rings. The number of anilines is 1. The van der Waals surface area contributed by atoms with Crippen LogP contribution in [0.3, 0.4) is 0 Å². The van der Waals surface area contributed by atoms with E-state index in [1.54, 1.807) is 19.1 Å². The van der Waals surface area contributed by atoms with Gasteiger partial charge in [-0.15, -0.1) is 0 Å². The number of likely N-dealkylation sites (N-methyl/N-ethyl adjacent to an activating group) is 1. The second kappa shape index (κ2) is 10.7. The zero-order chi connectivity index (χ0) is 23.1. The molecule has 6 nitrogen and oxygen atoms in total. The highest BCUT2D eigenvalue weighted by molar-refractivity contribution is 6.05. The minimum absolute atomic E-state index is 0.305. The maximum absolute atomic E-state index is 14.0. The smallest absolute Gasteiger partial charge is 0.130 e. The summed E-state index contributed by atoms with van der Waals surface area (Å²) < 4.78 is 19.9. The summed E-state index contributed by atoms with van der Waals surface area (Å²) in [5, 5.41) is 19.4. The van der Waals surface area contributed by atoms with Gasteiger partial charge in [0, 0.05) is 54.3 Å². The van der Waals surface area contributed by atoms with E-state index < -0.39 is 0 Å². The number of rotatable bonds is 10. The summed E-state index contributed by atoms with van der Waals surface area (Å²) in [6, 6.07) is 9.88. The Morgan fingerprint density at radius 2 is 1.84 bits per heavy atom. The standard InChI is InChI=1S/C24H32FN5O/c1-15(26)19(16(2)29-3)10-11-31-24-13-18(25)7-8-20(24)17-6-9-22(27)21(12-17)23(28)14-30(4)5/h6-9,12-13,26,28-29H,10-11,14,27H2,1-5H3/b19-16-,26-15?,28-23?. The van der Waals surface area contributed by atoms with Gasteiger partial charge < -0.3 is 31.5 Å². The van der Waals surface area contributed by atoms with Crippen molar-refractivity contribution >= 4 is 17.1 Å². The first kappa shape index (κ1) is 24.1. The molecule has 0 fully saturated rings. The number of nitrogens with zero attached hydrogens (tertiary/aromatic N) is 1. The Hall–Kier alpha value is -3.19. The van der Waals surface area contributed by atoms with Gasteiger partial charge in [-0.05, 0) is 63.3 Å². The van der Waals surface area contributed by atoms with Gasteiger partial charge in [0.1, 0.15) is 11.6 Å². The van der Waals surface area contributed by atoms with Crippen LogP contribution in [0.25, 0.3) is 11.1 Å². The Bertz CT molecular complexity index is 997. The SMILES string of the molecule is CN/C(C)=C(/CCOc1cc(F)ccc1-c1ccc(N)c(C(=N)CN(C)C)c1)C(C)=N. The van der Waals surface area contributed by atoms with Crippen molar-refractivity contribution in [2.24, 2.45) is 0 Å². The van der Waals surface area contributed by atoms with E-state index in [1.165, 1.54) is 12.1 Å². The van der Waals surface area contributed by atoms with E-state index in [2.05, 4.69) is 5.32 Å². The lowest BCUT2D eigenvalue weighted by Crippen LogP contribution is -2.22. The van der Waals surface area contributed by atoms with Crippen LogP contribution < -0.4 is 15.8 Å². The molecule has 166 valence electrons. The maximum atomic E-state index is 14.0. The van der Waals surface area contributed by atoms with Gasteiger partial charge in [-0.2, -0.15) is 0 Å². The number of nitrogen functional groups attached to an aromatic ring is 1. The molecule has 0 aliphatic heterocycles. The van der Waals surface area contributed by atoms with Crippen molar-refractivity contribution in [2.45, 2.75) is 20.3 Å². The molecule has 0 unspecified atom stereocenters. The molecule has 0 amide bonds. The summed E-state index contributed by atoms with van der Waals surface area (Å²) in [7, 11) is 5.61. The third-order valence-corrected chi connectivity index (χ3v) is 5.00. The van der Waals surface area contributed by atoms with Crippen molar-refractivity contribution in [3.8, 4) is 16.9 Å². The van der Waals surface area contributed by atoms with Gasteiger partial charge in [0.2, 0.25) is 0 Å². The second-order valence-corrected chi connectivity index (χ2v) is 7.74. The fraction of sp³-hybridized carbons (Fsp3) is 0.333. The third-order valence-electron chi connectivity index (χ3n) is 5.00. The first-order valence-electron chi connectivity index (χ1n) is 10.1. The fourth-order valence-corrected chi connectivity index (χ4v) is 3.31. The van der Waals surface area contributed by atoms with Crippen LogP contribution in [-0.2, 0) is 0 Å². The number of allylic oxidation sites excluding steroid dienone is 1. The Labute approximate surface area is 183 Å². The summed E-state index contributed by atoms with van der Waals surface area (Å²) in [6.07, 6.45) is 0.526. The van der Waals surface area contributed by atoms with Crippen LogP contribution in [0.4, 0.5) is 10.1 Å². The van der Waals surface area contributed by atoms with Crippen molar-refractivity contribution in [3.63, 3.8) is 0 Å². The van der Waals surface area contributed by atoms with E-state index in [1.807, 2.05) is 45.1 Å². The van der Waals surface area contributed by atoms with Gasteiger partial charge in [0.15, 0.2) is 0 Å². The number of nitrogens with two attached hydrogens (primary N) is 1. The van der Waals surface area contributed by atoms with Crippen LogP contribution in [0.2, 0.25) is 0 Å². The molecule has 5 N–H and O–H groups in total. The normalized spacial score (nSPS) is 11.8. The maximum Gasteiger partial charge on any atom is 0.130 e. The third kappa shape index (κ3) is 6.39. The Balaban J connectivity index is 2.34. The van der Waals surface area contributed by atoms with Crippen LogP contribution in [0.15, 0.2) is 47.7 Å². The summed E-state index contributed by atoms with van der Waals surface area (Å²) in [5.41, 5.74) is 11.5. The molecule has 0 bridgehead atoms. The van der Waals surface area contributed by atoms with E-state index in [-0.39, 0.29) is 5.82 Å². The molecule has 7 heteroatoms. The molecule has 0 saturated carbocycles. The van der Waals surface area contributed by atoms with Crippen LogP contribution in [0.5, 0.6) is 5.75 Å². The Morgan fingerprint density at radius 3 is 2.45 bits per heavy atom. The lowest BCUT2D eigenvalue weighted by atomic mass is 9.98. The number of benzene rings is 2. The van der Waals surface area contributed by atoms with Crippen molar-refractivity contribution in [3.05, 3.63) is 59.0 Å². The van der Waals surface area contributed by atoms with Crippen LogP contribution in [-0.4, -0.2) is 50.6 Å². The van der Waals surface area contributed by atoms with Crippen molar-refractivity contribution < 1.29 is 9.13 Å². The monoisotopic (exact) mass is 425 g/mol. The Kier molecular flexibility index (Phi) is 8.33. The predicted molar refractivity (Wildman–Crippen MR) is 127 cm³/mol. The molecule has 0 spiro atoms. The highest BCUT2D eigenvalue weighted by atomic mass is 19.1. The summed E-state index contributed by atoms with van der Waals surface area (Å²) in [5.74, 6) is 0.0270. The first-order chi connectivity index (χ1) is 14.6. The molecule has 0 heterocycles. The number of halogens is 1. The van der Waals surface area contributed by atoms with E-state index in [9.17, 15) is 4.39 Å². The second-order valence-electron chi connectivity index (χ2n) is 7.74. The van der Waals surface area contributed by atoms with Gasteiger partial charge in [-0.3, -0.25) is 0 Å². The molecule has 0 aliphatic carbocycles. The Morgan fingerprint density at radius 1 is 1.13 bits per heavy atom. The zero-order valence-corrected chi connectivity index (χ0v) is 18.9. The molecular weight excluding hydrogens is 393 g/mol. The molecule has 0 aromatic heterocycles. The minimum atomic E-state index is -0.389. The van der Waals surface area contributed by atoms with Crippen LogP contribution in [0.1, 0.15) is 25.8 Å². The van der Waals surface area contributed by atoms with E-state index in [4.69, 9.17) is 21.3 Å². The highest BCUT2D eigenvalue weighted by Gasteiger charge is 2.14. The number of nitrogens with one attached hydrogen (secondary N) is 3. The molecule has 0 atom stereocenters. The molecule has 2 rings (SSSR count). The molecule has 0 aliphatic rings. The van der Waals surface area contributed by atoms with Gasteiger partial charge in [-0.25, -0.2) is 4.39 Å². The predicted octanol–water partition coefficient (Wildman–Crippen LogP) is 4.31. The molecule has 0 radical (unpaired) electrons. The molecule has 0 saturated heterocycles. The summed E-state index contributed by atoms with van der Waals surface area (Å²) in [4.78, 5) is 1.91. The number of hydrogen-bond donors (Lipinski definition) is 4. The van der Waals surface area contributed by atoms with Gasteiger partial charge in [0.05, 0.1) is 12.3 Å². The number of hydrogen-bond acceptors (Lipinski definition) is 6. The van der Waals surface area contributed by atoms with Crippen molar-refractivity contribution in [1.82, 2.24) is 10.2 Å². The molecule has 2 aromatic carbocycles. The largest absolute Gasteiger partial charge is 0.492 e. The molecule has 31 heavy (non-hydrogen) atoms. The quantitative estimate of drug-likeness (QED) is 0.337. The average Bonchev–Trinajstić information content (AvgIpc) is 2.70. The molecular formula is C24H32FN5O. The van der Waals surface area contributed by atoms with Crippen molar-refractivity contribution in [1.29, 1.82) is 10.8 Å². The average molecular weight is 426 g/mol. The lowest BCUT2D eigenvalue weighted by molar-refractivity contribution is 0.322. The lowest BCUT2D eigenvalue weighted by Gasteiger charge is -2.17. The van der Waals surface area contributed by atoms with Crippen LogP contribution in [0, 0.1) is 16.6 Å². The zero-order valence-electron chi connectivity index (χ0n) is 18.9. The van der Waals surface area contributed by atoms with Crippen LogP contribution >= 0.6 is 0 Å². The van der Waals surface area contributed by atoms with E-state index in [0.29, 0.717) is 48.0 Å². The number of ether oxygens (including phenoxy) is 1. The van der Waals surface area contributed by atoms with Gasteiger partial charge in [0.25, 0.3) is 0 Å². The first-order valence-corrected chi connectivity index (χ1v) is 10.1. The topological polar surface area (TPSA) is 98.2 Å². The van der Waals surface area contributed by atoms with Gasteiger partial charge in [-0.1, -0.05) is 6.07 Å². The summed E-state index contributed by atoms with van der Waals surface area (Å²) in [6.45, 7) is 4.42. The summed E-state index contributed by atoms with van der Waals surface area (Å²) >= 11 is 0. The van der Waals surface area contributed by atoms with E-state index in [0.717, 1.165) is 22.4 Å². The minimum Gasteiger partial charge on any atom is -0.492 e. The fourth-order valence-electron chi connectivity index (χ4n) is 3.31.